The van der Waals surface area contributed by atoms with Crippen molar-refractivity contribution in [2.45, 2.75) is 57.6 Å². The lowest BCUT2D eigenvalue weighted by molar-refractivity contribution is -0.274. The first-order valence-electron chi connectivity index (χ1n) is 12.9. The SMILES string of the molecule is CC(C)N1C(=O)[C@H](NC(=O)[C@@H](Cc2ccccc2OC(F)(F)F)NC(=O)c2cccc(F)n2)CCc2ccccc21. The summed E-state index contributed by atoms with van der Waals surface area (Å²) in [5.41, 5.74) is 1.28. The van der Waals surface area contributed by atoms with Gasteiger partial charge in [-0.05, 0) is 62.1 Å². The fourth-order valence-corrected chi connectivity index (χ4v) is 4.70. The van der Waals surface area contributed by atoms with Crippen molar-refractivity contribution < 1.29 is 36.7 Å². The largest absolute Gasteiger partial charge is 0.573 e. The summed E-state index contributed by atoms with van der Waals surface area (Å²) in [6, 6.07) is 13.4. The molecule has 3 aromatic rings. The highest BCUT2D eigenvalue weighted by atomic mass is 19.4. The molecule has 0 saturated carbocycles. The van der Waals surface area contributed by atoms with Crippen LogP contribution >= 0.6 is 0 Å². The van der Waals surface area contributed by atoms with Crippen molar-refractivity contribution in [3.63, 3.8) is 0 Å². The second-order valence-electron chi connectivity index (χ2n) is 9.76. The van der Waals surface area contributed by atoms with Gasteiger partial charge < -0.3 is 20.3 Å². The van der Waals surface area contributed by atoms with Crippen molar-refractivity contribution in [2.24, 2.45) is 0 Å². The number of anilines is 1. The lowest BCUT2D eigenvalue weighted by Crippen LogP contribution is -2.55. The molecule has 1 aliphatic heterocycles. The van der Waals surface area contributed by atoms with Gasteiger partial charge in [0.2, 0.25) is 17.8 Å². The number of aryl methyl sites for hydroxylation is 1. The van der Waals surface area contributed by atoms with E-state index in [4.69, 9.17) is 0 Å². The lowest BCUT2D eigenvalue weighted by Gasteiger charge is -2.30. The normalized spacial score (nSPS) is 16.0. The van der Waals surface area contributed by atoms with Crippen LogP contribution in [0.5, 0.6) is 5.75 Å². The van der Waals surface area contributed by atoms with Gasteiger partial charge in [0, 0.05) is 18.2 Å². The predicted molar refractivity (Wildman–Crippen MR) is 142 cm³/mol. The second-order valence-corrected chi connectivity index (χ2v) is 9.76. The van der Waals surface area contributed by atoms with Gasteiger partial charge in [0.25, 0.3) is 5.91 Å². The van der Waals surface area contributed by atoms with Gasteiger partial charge in [0.1, 0.15) is 23.5 Å². The number of pyridine rings is 1. The van der Waals surface area contributed by atoms with Gasteiger partial charge in [0.05, 0.1) is 0 Å². The topological polar surface area (TPSA) is 101 Å². The zero-order chi connectivity index (χ0) is 29.7. The smallest absolute Gasteiger partial charge is 0.406 e. The van der Waals surface area contributed by atoms with Crippen molar-refractivity contribution in [2.75, 3.05) is 4.90 Å². The minimum absolute atomic E-state index is 0.0270. The number of para-hydroxylation sites is 2. The van der Waals surface area contributed by atoms with Crippen molar-refractivity contribution in [1.29, 1.82) is 0 Å². The summed E-state index contributed by atoms with van der Waals surface area (Å²) in [6.07, 6.45) is -4.69. The molecule has 1 aliphatic rings. The fraction of sp³-hybridized carbons (Fsp3) is 0.310. The van der Waals surface area contributed by atoms with E-state index in [-0.39, 0.29) is 29.6 Å². The molecule has 41 heavy (non-hydrogen) atoms. The Hall–Kier alpha value is -4.48. The van der Waals surface area contributed by atoms with Crippen LogP contribution in [0.2, 0.25) is 0 Å². The van der Waals surface area contributed by atoms with Crippen LogP contribution in [0.25, 0.3) is 0 Å². The minimum atomic E-state index is -5.00. The fourth-order valence-electron chi connectivity index (χ4n) is 4.70. The van der Waals surface area contributed by atoms with Crippen molar-refractivity contribution in [3.05, 3.63) is 89.5 Å². The van der Waals surface area contributed by atoms with E-state index >= 15 is 0 Å². The Bertz CT molecular complexity index is 1430. The van der Waals surface area contributed by atoms with E-state index in [2.05, 4.69) is 20.4 Å². The number of alkyl halides is 3. The van der Waals surface area contributed by atoms with Crippen LogP contribution in [-0.4, -0.2) is 47.2 Å². The first-order chi connectivity index (χ1) is 19.4. The highest BCUT2D eigenvalue weighted by molar-refractivity contribution is 6.02. The van der Waals surface area contributed by atoms with Crippen molar-refractivity contribution >= 4 is 23.4 Å². The van der Waals surface area contributed by atoms with Gasteiger partial charge in [-0.15, -0.1) is 13.2 Å². The Morgan fingerprint density at radius 2 is 1.76 bits per heavy atom. The van der Waals surface area contributed by atoms with Crippen LogP contribution in [0, 0.1) is 5.95 Å². The standard InChI is InChI=1S/C29H28F4N4O4/c1-17(2)37-23-11-5-3-8-18(23)14-15-21(28(37)40)35-27(39)22(36-26(38)20-10-7-13-25(30)34-20)16-19-9-4-6-12-24(19)41-29(31,32)33/h3-13,17,21-22H,14-16H2,1-2H3,(H,35,39)(H,36,38)/t21-,22-/m1/s1. The molecule has 8 nitrogen and oxygen atoms in total. The van der Waals surface area contributed by atoms with Crippen LogP contribution in [0.4, 0.5) is 23.2 Å². The first-order valence-corrected chi connectivity index (χ1v) is 12.9. The highest BCUT2D eigenvalue weighted by Crippen LogP contribution is 2.30. The molecule has 0 spiro atoms. The molecule has 12 heteroatoms. The van der Waals surface area contributed by atoms with Crippen LogP contribution in [0.15, 0.2) is 66.7 Å². The molecule has 2 aromatic carbocycles. The summed E-state index contributed by atoms with van der Waals surface area (Å²) in [7, 11) is 0. The minimum Gasteiger partial charge on any atom is -0.406 e. The number of nitrogens with one attached hydrogen (secondary N) is 2. The third-order valence-corrected chi connectivity index (χ3v) is 6.51. The molecule has 2 heterocycles. The maximum absolute atomic E-state index is 13.7. The van der Waals surface area contributed by atoms with E-state index in [1.54, 1.807) is 4.90 Å². The Labute approximate surface area is 233 Å². The quantitative estimate of drug-likeness (QED) is 0.309. The van der Waals surface area contributed by atoms with Gasteiger partial charge >= 0.3 is 6.36 Å². The van der Waals surface area contributed by atoms with Crippen LogP contribution < -0.4 is 20.3 Å². The maximum Gasteiger partial charge on any atom is 0.573 e. The van der Waals surface area contributed by atoms with E-state index in [1.807, 2.05) is 38.1 Å². The van der Waals surface area contributed by atoms with Gasteiger partial charge in [-0.2, -0.15) is 4.39 Å². The Morgan fingerprint density at radius 3 is 2.46 bits per heavy atom. The van der Waals surface area contributed by atoms with Gasteiger partial charge in [-0.1, -0.05) is 42.5 Å². The number of aromatic nitrogens is 1. The van der Waals surface area contributed by atoms with Gasteiger partial charge in [0.15, 0.2) is 0 Å². The Balaban J connectivity index is 1.62. The highest BCUT2D eigenvalue weighted by Gasteiger charge is 2.36. The zero-order valence-electron chi connectivity index (χ0n) is 22.2. The van der Waals surface area contributed by atoms with Crippen LogP contribution in [-0.2, 0) is 22.4 Å². The molecule has 0 saturated heterocycles. The second kappa shape index (κ2) is 12.4. The summed E-state index contributed by atoms with van der Waals surface area (Å²) >= 11 is 0. The summed E-state index contributed by atoms with van der Waals surface area (Å²) in [6.45, 7) is 3.68. The van der Waals surface area contributed by atoms with Gasteiger partial charge in [-0.25, -0.2) is 4.98 Å². The Kier molecular flexibility index (Phi) is 8.89. The monoisotopic (exact) mass is 572 g/mol. The first kappa shape index (κ1) is 29.5. The summed E-state index contributed by atoms with van der Waals surface area (Å²) < 4.78 is 56.9. The maximum atomic E-state index is 13.7. The van der Waals surface area contributed by atoms with E-state index < -0.39 is 48.4 Å². The number of nitrogens with zero attached hydrogens (tertiary/aromatic N) is 2. The molecule has 2 N–H and O–H groups in total. The molecule has 2 atom stereocenters. The molecule has 0 radical (unpaired) electrons. The summed E-state index contributed by atoms with van der Waals surface area (Å²) in [5, 5.41) is 5.11. The average molecular weight is 573 g/mol. The molecular weight excluding hydrogens is 544 g/mol. The molecule has 1 aromatic heterocycles. The van der Waals surface area contributed by atoms with Crippen LogP contribution in [0.3, 0.4) is 0 Å². The molecule has 0 fully saturated rings. The lowest BCUT2D eigenvalue weighted by atomic mass is 10.0. The molecule has 0 unspecified atom stereocenters. The number of benzene rings is 2. The number of ether oxygens (including phenoxy) is 1. The third kappa shape index (κ3) is 7.38. The zero-order valence-corrected chi connectivity index (χ0v) is 22.2. The van der Waals surface area contributed by atoms with E-state index in [0.29, 0.717) is 6.42 Å². The number of halogens is 4. The number of amides is 3. The number of fused-ring (bicyclic) bond motifs is 1. The van der Waals surface area contributed by atoms with E-state index in [9.17, 15) is 31.9 Å². The number of carbonyl (C=O) groups excluding carboxylic acids is 3. The van der Waals surface area contributed by atoms with Crippen molar-refractivity contribution in [1.82, 2.24) is 15.6 Å². The average Bonchev–Trinajstić information content (AvgIpc) is 3.04. The number of rotatable bonds is 8. The molecule has 216 valence electrons. The Morgan fingerprint density at radius 1 is 1.05 bits per heavy atom. The molecule has 0 aliphatic carbocycles. The van der Waals surface area contributed by atoms with E-state index in [0.717, 1.165) is 23.4 Å². The molecule has 3 amide bonds. The molecule has 0 bridgehead atoms. The molecule has 4 rings (SSSR count). The molecular formula is C29H28F4N4O4. The summed E-state index contributed by atoms with van der Waals surface area (Å²) in [5.74, 6) is -3.59. The third-order valence-electron chi connectivity index (χ3n) is 6.51. The number of carbonyl (C=O) groups is 3. The predicted octanol–water partition coefficient (Wildman–Crippen LogP) is 4.33. The van der Waals surface area contributed by atoms with Crippen molar-refractivity contribution in [3.8, 4) is 5.75 Å². The number of hydrogen-bond donors (Lipinski definition) is 2. The summed E-state index contributed by atoms with van der Waals surface area (Å²) in [4.78, 5) is 45.2. The van der Waals surface area contributed by atoms with Gasteiger partial charge in [-0.3, -0.25) is 14.4 Å². The number of hydrogen-bond acceptors (Lipinski definition) is 5. The van der Waals surface area contributed by atoms with E-state index in [1.165, 1.54) is 30.3 Å². The van der Waals surface area contributed by atoms with Crippen LogP contribution in [0.1, 0.15) is 41.9 Å².